The van der Waals surface area contributed by atoms with Crippen LogP contribution in [0.25, 0.3) is 21.5 Å². The molecular weight excluding hydrogens is 383 g/mol. The van der Waals surface area contributed by atoms with Gasteiger partial charge in [-0.25, -0.2) is 9.13 Å². The number of benzene rings is 3. The van der Waals surface area contributed by atoms with E-state index < -0.39 is 0 Å². The largest absolute Gasteiger partial charge is 1.00 e. The molecule has 0 N–H and O–H groups in total. The molecular formula is C19H17IN2. The molecule has 0 radical (unpaired) electrons. The minimum absolute atomic E-state index is 0. The highest BCUT2D eigenvalue weighted by atomic mass is 127. The standard InChI is InChI=1S/C19H17N2.HI/c1-20-10-11-21(14-20)13-19-17-8-4-2-6-15(17)12-16-7-3-5-9-18(16)19;/h2-12,14H,13H2,1H3;1H/q+1;/p-1. The second-order valence-corrected chi connectivity index (χ2v) is 5.55. The van der Waals surface area contributed by atoms with Crippen molar-refractivity contribution in [2.24, 2.45) is 7.05 Å². The molecule has 110 valence electrons. The summed E-state index contributed by atoms with van der Waals surface area (Å²) >= 11 is 0. The minimum Gasteiger partial charge on any atom is -1.00 e. The maximum Gasteiger partial charge on any atom is 0.243 e. The molecule has 0 spiro atoms. The van der Waals surface area contributed by atoms with Gasteiger partial charge in [0.15, 0.2) is 0 Å². The summed E-state index contributed by atoms with van der Waals surface area (Å²) in [6.07, 6.45) is 6.32. The number of rotatable bonds is 2. The molecule has 0 bridgehead atoms. The van der Waals surface area contributed by atoms with E-state index in [0.29, 0.717) is 0 Å². The maximum absolute atomic E-state index is 2.28. The minimum atomic E-state index is 0. The molecule has 0 saturated heterocycles. The Hall–Kier alpha value is -1.88. The maximum atomic E-state index is 2.28. The summed E-state index contributed by atoms with van der Waals surface area (Å²) in [6, 6.07) is 19.6. The Bertz CT molecular complexity index is 886. The highest BCUT2D eigenvalue weighted by Gasteiger charge is 2.10. The molecule has 4 rings (SSSR count). The van der Waals surface area contributed by atoms with Crippen LogP contribution in [0.15, 0.2) is 73.3 Å². The Morgan fingerprint density at radius 3 is 2.05 bits per heavy atom. The van der Waals surface area contributed by atoms with Gasteiger partial charge in [-0.05, 0) is 27.6 Å². The highest BCUT2D eigenvalue weighted by molar-refractivity contribution is 6.02. The molecule has 0 fully saturated rings. The molecule has 3 aromatic carbocycles. The van der Waals surface area contributed by atoms with Crippen LogP contribution in [0.3, 0.4) is 0 Å². The molecule has 2 nitrogen and oxygen atoms in total. The average molecular weight is 400 g/mol. The molecule has 0 aliphatic heterocycles. The number of aromatic nitrogens is 2. The predicted molar refractivity (Wildman–Crippen MR) is 86.2 cm³/mol. The zero-order chi connectivity index (χ0) is 14.2. The zero-order valence-electron chi connectivity index (χ0n) is 12.4. The van der Waals surface area contributed by atoms with Gasteiger partial charge in [0.05, 0.1) is 7.05 Å². The number of hydrogen-bond donors (Lipinski definition) is 0. The van der Waals surface area contributed by atoms with Crippen LogP contribution in [0.2, 0.25) is 0 Å². The first-order valence-electron chi connectivity index (χ1n) is 7.22. The number of aryl methyl sites for hydroxylation is 1. The lowest BCUT2D eigenvalue weighted by Gasteiger charge is -2.10. The van der Waals surface area contributed by atoms with E-state index in [1.165, 1.54) is 27.1 Å². The summed E-state index contributed by atoms with van der Waals surface area (Å²) in [4.78, 5) is 0. The van der Waals surface area contributed by atoms with Crippen molar-refractivity contribution in [2.45, 2.75) is 6.54 Å². The predicted octanol–water partition coefficient (Wildman–Crippen LogP) is 0.671. The van der Waals surface area contributed by atoms with E-state index in [1.807, 2.05) is 0 Å². The number of nitrogens with zero attached hydrogens (tertiary/aromatic N) is 2. The van der Waals surface area contributed by atoms with Gasteiger partial charge in [-0.3, -0.25) is 0 Å². The first kappa shape index (κ1) is 15.0. The average Bonchev–Trinajstić information content (AvgIpc) is 2.92. The van der Waals surface area contributed by atoms with E-state index in [-0.39, 0.29) is 24.0 Å². The molecule has 0 saturated carbocycles. The van der Waals surface area contributed by atoms with Gasteiger partial charge >= 0.3 is 0 Å². The van der Waals surface area contributed by atoms with Crippen LogP contribution in [0, 0.1) is 0 Å². The van der Waals surface area contributed by atoms with E-state index >= 15 is 0 Å². The Kier molecular flexibility index (Phi) is 4.16. The van der Waals surface area contributed by atoms with Crippen LogP contribution in [0.4, 0.5) is 0 Å². The van der Waals surface area contributed by atoms with Crippen molar-refractivity contribution in [3.8, 4) is 0 Å². The third-order valence-electron chi connectivity index (χ3n) is 4.05. The van der Waals surface area contributed by atoms with Gasteiger partial charge in [-0.1, -0.05) is 48.5 Å². The summed E-state index contributed by atoms with van der Waals surface area (Å²) in [5.41, 5.74) is 1.39. The smallest absolute Gasteiger partial charge is 0.243 e. The molecule has 0 aliphatic carbocycles. The summed E-state index contributed by atoms with van der Waals surface area (Å²) in [6.45, 7) is 0.892. The lowest BCUT2D eigenvalue weighted by Crippen LogP contribution is -3.00. The van der Waals surface area contributed by atoms with E-state index in [0.717, 1.165) is 6.54 Å². The van der Waals surface area contributed by atoms with Gasteiger partial charge in [0.2, 0.25) is 6.33 Å². The summed E-state index contributed by atoms with van der Waals surface area (Å²) in [5.74, 6) is 0. The summed E-state index contributed by atoms with van der Waals surface area (Å²) in [5, 5.41) is 5.30. The van der Waals surface area contributed by atoms with Crippen LogP contribution in [0.5, 0.6) is 0 Å². The van der Waals surface area contributed by atoms with Crippen molar-refractivity contribution in [2.75, 3.05) is 0 Å². The molecule has 0 unspecified atom stereocenters. The molecule has 1 heterocycles. The lowest BCUT2D eigenvalue weighted by molar-refractivity contribution is -0.687. The fraction of sp³-hybridized carbons (Fsp3) is 0.105. The lowest BCUT2D eigenvalue weighted by atomic mass is 9.97. The second-order valence-electron chi connectivity index (χ2n) is 5.55. The van der Waals surface area contributed by atoms with Gasteiger partial charge in [0.1, 0.15) is 18.9 Å². The first-order chi connectivity index (χ1) is 10.3. The molecule has 22 heavy (non-hydrogen) atoms. The van der Waals surface area contributed by atoms with Crippen LogP contribution < -0.4 is 28.5 Å². The van der Waals surface area contributed by atoms with Crippen molar-refractivity contribution in [1.82, 2.24) is 4.57 Å². The molecule has 0 amide bonds. The van der Waals surface area contributed by atoms with Crippen molar-refractivity contribution in [3.05, 3.63) is 78.9 Å². The van der Waals surface area contributed by atoms with Crippen LogP contribution in [-0.4, -0.2) is 4.57 Å². The zero-order valence-corrected chi connectivity index (χ0v) is 14.6. The molecule has 0 aliphatic rings. The van der Waals surface area contributed by atoms with Gasteiger partial charge in [-0.15, -0.1) is 0 Å². The van der Waals surface area contributed by atoms with Gasteiger partial charge < -0.3 is 24.0 Å². The third kappa shape index (κ3) is 2.61. The van der Waals surface area contributed by atoms with Crippen LogP contribution in [0.1, 0.15) is 5.56 Å². The first-order valence-corrected chi connectivity index (χ1v) is 7.22. The monoisotopic (exact) mass is 400 g/mol. The van der Waals surface area contributed by atoms with E-state index in [1.54, 1.807) is 0 Å². The van der Waals surface area contributed by atoms with Crippen molar-refractivity contribution < 1.29 is 28.5 Å². The topological polar surface area (TPSA) is 8.81 Å². The van der Waals surface area contributed by atoms with E-state index in [9.17, 15) is 0 Å². The third-order valence-corrected chi connectivity index (χ3v) is 4.05. The van der Waals surface area contributed by atoms with Gasteiger partial charge in [0.25, 0.3) is 0 Å². The second kappa shape index (κ2) is 6.08. The van der Waals surface area contributed by atoms with Gasteiger partial charge in [0, 0.05) is 5.56 Å². The van der Waals surface area contributed by atoms with E-state index in [2.05, 4.69) is 89.5 Å². The van der Waals surface area contributed by atoms with Crippen molar-refractivity contribution in [1.29, 1.82) is 0 Å². The van der Waals surface area contributed by atoms with Crippen LogP contribution in [-0.2, 0) is 13.6 Å². The van der Waals surface area contributed by atoms with E-state index in [4.69, 9.17) is 0 Å². The number of fused-ring (bicyclic) bond motifs is 2. The Morgan fingerprint density at radius 1 is 0.909 bits per heavy atom. The van der Waals surface area contributed by atoms with Gasteiger partial charge in [-0.2, -0.15) is 0 Å². The molecule has 0 atom stereocenters. The molecule has 4 aromatic rings. The number of imidazole rings is 1. The Balaban J connectivity index is 0.00000144. The normalized spacial score (nSPS) is 10.8. The van der Waals surface area contributed by atoms with Crippen molar-refractivity contribution >= 4 is 21.5 Å². The Labute approximate surface area is 147 Å². The van der Waals surface area contributed by atoms with Crippen molar-refractivity contribution in [3.63, 3.8) is 0 Å². The van der Waals surface area contributed by atoms with Crippen LogP contribution >= 0.6 is 0 Å². The number of hydrogen-bond acceptors (Lipinski definition) is 0. The summed E-state index contributed by atoms with van der Waals surface area (Å²) < 4.78 is 4.31. The SMILES string of the molecule is Cn1cc[n+](Cc2c3ccccc3cc3ccccc23)c1.[I-]. The molecule has 3 heteroatoms. The highest BCUT2D eigenvalue weighted by Crippen LogP contribution is 2.28. The Morgan fingerprint density at radius 2 is 1.50 bits per heavy atom. The summed E-state index contributed by atoms with van der Waals surface area (Å²) in [7, 11) is 2.05. The quantitative estimate of drug-likeness (QED) is 0.266. The fourth-order valence-electron chi connectivity index (χ4n) is 3.06. The number of halogens is 1. The fourth-order valence-corrected chi connectivity index (χ4v) is 3.06. The molecule has 1 aromatic heterocycles.